The first-order valence-corrected chi connectivity index (χ1v) is 7.72. The molecule has 2 fully saturated rings. The van der Waals surface area contributed by atoms with Crippen LogP contribution in [0, 0.1) is 17.2 Å². The summed E-state index contributed by atoms with van der Waals surface area (Å²) in [7, 11) is 0. The summed E-state index contributed by atoms with van der Waals surface area (Å²) in [6, 6.07) is 14.2. The fourth-order valence-corrected chi connectivity index (χ4v) is 3.78. The number of piperidine rings is 1. The van der Waals surface area contributed by atoms with Crippen LogP contribution in [0.15, 0.2) is 36.4 Å². The van der Waals surface area contributed by atoms with Crippen molar-refractivity contribution in [2.75, 3.05) is 6.54 Å². The topological polar surface area (TPSA) is 64.9 Å². The predicted molar refractivity (Wildman–Crippen MR) is 84.4 cm³/mol. The van der Waals surface area contributed by atoms with Gasteiger partial charge in [-0.3, -0.25) is 4.79 Å². The number of nitriles is 1. The molecule has 1 heterocycles. The monoisotopic (exact) mass is 291 g/mol. The highest BCUT2D eigenvalue weighted by atomic mass is 16.1. The Labute approximate surface area is 129 Å². The molecule has 2 aromatic rings. The summed E-state index contributed by atoms with van der Waals surface area (Å²) in [4.78, 5) is 12.5. The summed E-state index contributed by atoms with van der Waals surface area (Å²) in [5.74, 6) is 0.524. The number of rotatable bonds is 2. The Balaban J connectivity index is 1.61. The lowest BCUT2D eigenvalue weighted by Gasteiger charge is -2.23. The van der Waals surface area contributed by atoms with E-state index in [-0.39, 0.29) is 11.9 Å². The van der Waals surface area contributed by atoms with Crippen molar-refractivity contribution in [3.8, 4) is 6.07 Å². The van der Waals surface area contributed by atoms with E-state index in [1.165, 1.54) is 6.42 Å². The Morgan fingerprint density at radius 2 is 2.18 bits per heavy atom. The van der Waals surface area contributed by atoms with Gasteiger partial charge < -0.3 is 10.6 Å². The van der Waals surface area contributed by atoms with Crippen LogP contribution in [-0.2, 0) is 0 Å². The third kappa shape index (κ3) is 2.15. The molecule has 3 atom stereocenters. The summed E-state index contributed by atoms with van der Waals surface area (Å²) in [6.07, 6.45) is 2.19. The van der Waals surface area contributed by atoms with Gasteiger partial charge in [0.2, 0.25) is 0 Å². The Morgan fingerprint density at radius 3 is 2.91 bits per heavy atom. The molecule has 4 heteroatoms. The second-order valence-electron chi connectivity index (χ2n) is 6.27. The van der Waals surface area contributed by atoms with E-state index in [0.717, 1.165) is 23.7 Å². The Morgan fingerprint density at radius 1 is 1.27 bits per heavy atom. The molecule has 2 N–H and O–H groups in total. The van der Waals surface area contributed by atoms with Crippen LogP contribution in [0.3, 0.4) is 0 Å². The van der Waals surface area contributed by atoms with Crippen molar-refractivity contribution in [2.24, 2.45) is 5.92 Å². The lowest BCUT2D eigenvalue weighted by molar-refractivity contribution is 0.0925. The molecule has 1 aliphatic carbocycles. The van der Waals surface area contributed by atoms with Crippen LogP contribution in [0.25, 0.3) is 10.8 Å². The lowest BCUT2D eigenvalue weighted by Crippen LogP contribution is -2.44. The first-order chi connectivity index (χ1) is 10.7. The first-order valence-electron chi connectivity index (χ1n) is 7.72. The predicted octanol–water partition coefficient (Wildman–Crippen LogP) is 2.19. The minimum Gasteiger partial charge on any atom is -0.349 e. The van der Waals surface area contributed by atoms with Crippen LogP contribution < -0.4 is 10.6 Å². The summed E-state index contributed by atoms with van der Waals surface area (Å²) in [5.41, 5.74) is 1.24. The number of carbonyl (C=O) groups is 1. The number of hydrogen-bond acceptors (Lipinski definition) is 3. The van der Waals surface area contributed by atoms with Gasteiger partial charge in [-0.1, -0.05) is 18.2 Å². The molecule has 4 rings (SSSR count). The van der Waals surface area contributed by atoms with Crippen molar-refractivity contribution in [3.05, 3.63) is 47.5 Å². The van der Waals surface area contributed by atoms with Crippen LogP contribution >= 0.6 is 0 Å². The van der Waals surface area contributed by atoms with E-state index in [2.05, 4.69) is 16.7 Å². The number of benzene rings is 2. The maximum absolute atomic E-state index is 12.5. The molecule has 0 radical (unpaired) electrons. The SMILES string of the molecule is N#Cc1cccc2ccc(C(=O)NC3CC4CC3CN4)cc12. The highest BCUT2D eigenvalue weighted by Gasteiger charge is 2.40. The summed E-state index contributed by atoms with van der Waals surface area (Å²) < 4.78 is 0. The molecular formula is C18H17N3O. The van der Waals surface area contributed by atoms with Gasteiger partial charge in [-0.05, 0) is 42.3 Å². The third-order valence-corrected chi connectivity index (χ3v) is 4.94. The average molecular weight is 291 g/mol. The highest BCUT2D eigenvalue weighted by Crippen LogP contribution is 2.31. The maximum Gasteiger partial charge on any atom is 0.251 e. The number of amides is 1. The zero-order valence-corrected chi connectivity index (χ0v) is 12.2. The summed E-state index contributed by atoms with van der Waals surface area (Å²) in [5, 5.41) is 17.7. The summed E-state index contributed by atoms with van der Waals surface area (Å²) >= 11 is 0. The molecule has 2 aliphatic rings. The van der Waals surface area contributed by atoms with Gasteiger partial charge in [-0.2, -0.15) is 5.26 Å². The van der Waals surface area contributed by atoms with Crippen LogP contribution in [0.5, 0.6) is 0 Å². The van der Waals surface area contributed by atoms with E-state index < -0.39 is 0 Å². The second kappa shape index (κ2) is 5.11. The highest BCUT2D eigenvalue weighted by molar-refractivity contribution is 6.00. The van der Waals surface area contributed by atoms with Gasteiger partial charge >= 0.3 is 0 Å². The largest absolute Gasteiger partial charge is 0.349 e. The molecule has 2 aromatic carbocycles. The Kier molecular flexibility index (Phi) is 3.09. The number of carbonyl (C=O) groups excluding carboxylic acids is 1. The van der Waals surface area contributed by atoms with E-state index >= 15 is 0 Å². The minimum absolute atomic E-state index is 0.0350. The van der Waals surface area contributed by atoms with Gasteiger partial charge in [0.15, 0.2) is 0 Å². The molecule has 4 nitrogen and oxygen atoms in total. The quantitative estimate of drug-likeness (QED) is 0.891. The molecule has 1 amide bonds. The van der Waals surface area contributed by atoms with Gasteiger partial charge in [0, 0.05) is 29.6 Å². The van der Waals surface area contributed by atoms with Crippen molar-refractivity contribution < 1.29 is 4.79 Å². The van der Waals surface area contributed by atoms with E-state index in [0.29, 0.717) is 23.1 Å². The molecule has 0 aromatic heterocycles. The maximum atomic E-state index is 12.5. The van der Waals surface area contributed by atoms with E-state index in [4.69, 9.17) is 0 Å². The van der Waals surface area contributed by atoms with Crippen molar-refractivity contribution in [2.45, 2.75) is 24.9 Å². The third-order valence-electron chi connectivity index (χ3n) is 4.94. The van der Waals surface area contributed by atoms with Gasteiger partial charge in [-0.25, -0.2) is 0 Å². The zero-order chi connectivity index (χ0) is 15.1. The van der Waals surface area contributed by atoms with Crippen LogP contribution in [0.1, 0.15) is 28.8 Å². The van der Waals surface area contributed by atoms with Crippen LogP contribution in [0.4, 0.5) is 0 Å². The number of nitrogens with zero attached hydrogens (tertiary/aromatic N) is 1. The standard InChI is InChI=1S/C18H17N3O/c19-9-13-3-1-2-11-4-5-12(7-16(11)13)18(22)21-17-8-15-6-14(17)10-20-15/h1-5,7,14-15,17,20H,6,8,10H2,(H,21,22). The Bertz CT molecular complexity index is 793. The normalized spacial score (nSPS) is 26.0. The number of nitrogens with one attached hydrogen (secondary N) is 2. The van der Waals surface area contributed by atoms with Gasteiger partial charge in [0.05, 0.1) is 11.6 Å². The molecule has 1 saturated heterocycles. The van der Waals surface area contributed by atoms with Gasteiger partial charge in [0.25, 0.3) is 5.91 Å². The fraction of sp³-hybridized carbons (Fsp3) is 0.333. The van der Waals surface area contributed by atoms with E-state index in [1.807, 2.05) is 30.3 Å². The van der Waals surface area contributed by atoms with Crippen molar-refractivity contribution in [1.82, 2.24) is 10.6 Å². The molecule has 1 saturated carbocycles. The van der Waals surface area contributed by atoms with E-state index in [1.54, 1.807) is 6.07 Å². The Hall–Kier alpha value is -2.38. The molecular weight excluding hydrogens is 274 g/mol. The van der Waals surface area contributed by atoms with Crippen molar-refractivity contribution in [3.63, 3.8) is 0 Å². The molecule has 3 unspecified atom stereocenters. The number of fused-ring (bicyclic) bond motifs is 3. The number of hydrogen-bond donors (Lipinski definition) is 2. The van der Waals surface area contributed by atoms with Gasteiger partial charge in [0.1, 0.15) is 0 Å². The van der Waals surface area contributed by atoms with Crippen LogP contribution in [-0.4, -0.2) is 24.5 Å². The van der Waals surface area contributed by atoms with Gasteiger partial charge in [-0.15, -0.1) is 0 Å². The average Bonchev–Trinajstić information content (AvgIpc) is 3.16. The minimum atomic E-state index is -0.0350. The first kappa shape index (κ1) is 13.3. The fourth-order valence-electron chi connectivity index (χ4n) is 3.78. The summed E-state index contributed by atoms with van der Waals surface area (Å²) in [6.45, 7) is 1.01. The van der Waals surface area contributed by atoms with Crippen LogP contribution in [0.2, 0.25) is 0 Å². The molecule has 110 valence electrons. The molecule has 22 heavy (non-hydrogen) atoms. The molecule has 2 bridgehead atoms. The molecule has 1 aliphatic heterocycles. The van der Waals surface area contributed by atoms with Crippen molar-refractivity contribution >= 4 is 16.7 Å². The van der Waals surface area contributed by atoms with Crippen molar-refractivity contribution in [1.29, 1.82) is 5.26 Å². The second-order valence-corrected chi connectivity index (χ2v) is 6.27. The lowest BCUT2D eigenvalue weighted by atomic mass is 10.0. The smallest absolute Gasteiger partial charge is 0.251 e. The molecule has 0 spiro atoms. The zero-order valence-electron chi connectivity index (χ0n) is 12.2. The van der Waals surface area contributed by atoms with E-state index in [9.17, 15) is 10.1 Å².